The molecule has 0 bridgehead atoms. The Labute approximate surface area is 178 Å². The number of benzene rings is 1. The SMILES string of the molecule is CN1C=CC(CCC(=O)NCC(=O)c2cccc(OCC(=O)O)c2OCC(=O)O)=CC1. The van der Waals surface area contributed by atoms with Crippen LogP contribution in [0, 0.1) is 0 Å². The normalized spacial score (nSPS) is 12.7. The molecule has 1 aliphatic heterocycles. The van der Waals surface area contributed by atoms with Crippen LogP contribution in [0.4, 0.5) is 0 Å². The van der Waals surface area contributed by atoms with Crippen molar-refractivity contribution in [2.24, 2.45) is 0 Å². The van der Waals surface area contributed by atoms with Gasteiger partial charge in [-0.1, -0.05) is 12.1 Å². The van der Waals surface area contributed by atoms with Crippen molar-refractivity contribution in [2.75, 3.05) is 33.4 Å². The molecule has 166 valence electrons. The molecule has 1 aromatic carbocycles. The first-order valence-electron chi connectivity index (χ1n) is 9.46. The van der Waals surface area contributed by atoms with Crippen molar-refractivity contribution in [2.45, 2.75) is 12.8 Å². The maximum Gasteiger partial charge on any atom is 0.341 e. The molecule has 1 amide bonds. The lowest BCUT2D eigenvalue weighted by Crippen LogP contribution is -2.30. The number of carboxylic acids is 2. The molecule has 0 aliphatic carbocycles. The third-order valence-corrected chi connectivity index (χ3v) is 4.24. The van der Waals surface area contributed by atoms with E-state index in [0.717, 1.165) is 12.1 Å². The average Bonchev–Trinajstić information content (AvgIpc) is 2.74. The zero-order valence-electron chi connectivity index (χ0n) is 17.0. The van der Waals surface area contributed by atoms with Crippen LogP contribution in [-0.4, -0.2) is 72.1 Å². The standard InChI is InChI=1S/C21H24N2O8/c1-23-9-7-14(8-10-23)5-6-18(25)22-11-16(24)15-3-2-4-17(30-12-19(26)27)21(15)31-13-20(28)29/h2-4,7-9H,5-6,10-13H2,1H3,(H,22,25)(H,26,27)(H,28,29). The summed E-state index contributed by atoms with van der Waals surface area (Å²) in [7, 11) is 1.94. The molecule has 1 heterocycles. The fourth-order valence-corrected chi connectivity index (χ4v) is 2.69. The van der Waals surface area contributed by atoms with E-state index < -0.39 is 30.9 Å². The molecule has 0 saturated carbocycles. The Morgan fingerprint density at radius 2 is 1.81 bits per heavy atom. The van der Waals surface area contributed by atoms with Crippen molar-refractivity contribution >= 4 is 23.6 Å². The molecule has 0 radical (unpaired) electrons. The van der Waals surface area contributed by atoms with Gasteiger partial charge in [-0.05, 0) is 36.4 Å². The quantitative estimate of drug-likeness (QED) is 0.413. The molecule has 2 rings (SSSR count). The second-order valence-electron chi connectivity index (χ2n) is 6.73. The topological polar surface area (TPSA) is 142 Å². The lowest BCUT2D eigenvalue weighted by molar-refractivity contribution is -0.140. The molecule has 0 aromatic heterocycles. The first-order valence-corrected chi connectivity index (χ1v) is 9.46. The van der Waals surface area contributed by atoms with Crippen LogP contribution in [0.5, 0.6) is 11.5 Å². The molecule has 0 spiro atoms. The average molecular weight is 432 g/mol. The van der Waals surface area contributed by atoms with Gasteiger partial charge in [0.15, 0.2) is 30.5 Å². The summed E-state index contributed by atoms with van der Waals surface area (Å²) in [5.74, 6) is -3.64. The molecule has 0 unspecified atom stereocenters. The number of carbonyl (C=O) groups is 4. The maximum absolute atomic E-state index is 12.6. The zero-order valence-corrected chi connectivity index (χ0v) is 17.0. The van der Waals surface area contributed by atoms with Gasteiger partial charge in [-0.15, -0.1) is 0 Å². The Hall–Kier alpha value is -3.82. The van der Waals surface area contributed by atoms with Crippen LogP contribution in [0.1, 0.15) is 23.2 Å². The monoisotopic (exact) mass is 432 g/mol. The van der Waals surface area contributed by atoms with Crippen molar-refractivity contribution in [3.05, 3.63) is 47.7 Å². The summed E-state index contributed by atoms with van der Waals surface area (Å²) in [5, 5.41) is 20.2. The van der Waals surface area contributed by atoms with E-state index in [9.17, 15) is 19.2 Å². The Bertz CT molecular complexity index is 907. The van der Waals surface area contributed by atoms with Gasteiger partial charge in [-0.2, -0.15) is 0 Å². The van der Waals surface area contributed by atoms with Crippen LogP contribution in [0.2, 0.25) is 0 Å². The summed E-state index contributed by atoms with van der Waals surface area (Å²) in [6, 6.07) is 4.19. The highest BCUT2D eigenvalue weighted by atomic mass is 16.5. The molecular formula is C21H24N2O8. The molecule has 1 aliphatic rings. The smallest absolute Gasteiger partial charge is 0.341 e. The number of hydrogen-bond donors (Lipinski definition) is 3. The largest absolute Gasteiger partial charge is 0.479 e. The van der Waals surface area contributed by atoms with Crippen LogP contribution in [0.3, 0.4) is 0 Å². The maximum atomic E-state index is 12.6. The van der Waals surface area contributed by atoms with E-state index in [1.165, 1.54) is 18.2 Å². The van der Waals surface area contributed by atoms with Crippen molar-refractivity contribution in [1.29, 1.82) is 0 Å². The summed E-state index contributed by atoms with van der Waals surface area (Å²) < 4.78 is 10.2. The van der Waals surface area contributed by atoms with Gasteiger partial charge >= 0.3 is 11.9 Å². The van der Waals surface area contributed by atoms with Gasteiger partial charge in [0.25, 0.3) is 0 Å². The van der Waals surface area contributed by atoms with Gasteiger partial charge < -0.3 is 29.9 Å². The van der Waals surface area contributed by atoms with Crippen molar-refractivity contribution in [3.63, 3.8) is 0 Å². The Morgan fingerprint density at radius 3 is 2.45 bits per heavy atom. The van der Waals surface area contributed by atoms with Gasteiger partial charge in [0.05, 0.1) is 12.1 Å². The lowest BCUT2D eigenvalue weighted by atomic mass is 10.1. The second kappa shape index (κ2) is 11.4. The molecule has 0 fully saturated rings. The number of carboxylic acid groups (broad SMARTS) is 2. The number of aliphatic carboxylic acids is 2. The number of Topliss-reactive ketones (excluding diaryl/α,β-unsaturated/α-hetero) is 1. The Kier molecular flexibility index (Phi) is 8.62. The van der Waals surface area contributed by atoms with E-state index in [0.29, 0.717) is 6.42 Å². The van der Waals surface area contributed by atoms with E-state index in [1.807, 2.05) is 30.3 Å². The lowest BCUT2D eigenvalue weighted by Gasteiger charge is -2.17. The zero-order chi connectivity index (χ0) is 22.8. The molecule has 31 heavy (non-hydrogen) atoms. The summed E-state index contributed by atoms with van der Waals surface area (Å²) in [6.07, 6.45) is 6.62. The van der Waals surface area contributed by atoms with Gasteiger partial charge in [0.2, 0.25) is 5.91 Å². The highest BCUT2D eigenvalue weighted by Crippen LogP contribution is 2.31. The van der Waals surface area contributed by atoms with Gasteiger partial charge in [-0.3, -0.25) is 9.59 Å². The third kappa shape index (κ3) is 7.84. The fourth-order valence-electron chi connectivity index (χ4n) is 2.69. The predicted molar refractivity (Wildman–Crippen MR) is 109 cm³/mol. The molecule has 1 aromatic rings. The van der Waals surface area contributed by atoms with Crippen LogP contribution in [-0.2, 0) is 14.4 Å². The number of allylic oxidation sites excluding steroid dienone is 2. The number of rotatable bonds is 12. The number of nitrogens with zero attached hydrogens (tertiary/aromatic N) is 1. The van der Waals surface area contributed by atoms with Gasteiger partial charge in [-0.25, -0.2) is 9.59 Å². The first kappa shape index (κ1) is 23.5. The summed E-state index contributed by atoms with van der Waals surface area (Å²) in [5.41, 5.74) is 1.01. The number of likely N-dealkylation sites (N-methyl/N-ethyl adjacent to an activating group) is 1. The van der Waals surface area contributed by atoms with E-state index in [2.05, 4.69) is 5.32 Å². The Balaban J connectivity index is 1.99. The number of para-hydroxylation sites is 1. The molecule has 0 atom stereocenters. The molecular weight excluding hydrogens is 408 g/mol. The van der Waals surface area contributed by atoms with Gasteiger partial charge in [0.1, 0.15) is 0 Å². The van der Waals surface area contributed by atoms with Crippen LogP contribution >= 0.6 is 0 Å². The second-order valence-corrected chi connectivity index (χ2v) is 6.73. The van der Waals surface area contributed by atoms with Crippen molar-refractivity contribution < 1.29 is 38.9 Å². The van der Waals surface area contributed by atoms with Crippen LogP contribution in [0.25, 0.3) is 0 Å². The van der Waals surface area contributed by atoms with Crippen LogP contribution < -0.4 is 14.8 Å². The highest BCUT2D eigenvalue weighted by Gasteiger charge is 2.20. The summed E-state index contributed by atoms with van der Waals surface area (Å²) in [4.78, 5) is 48.3. The van der Waals surface area contributed by atoms with Crippen LogP contribution in [0.15, 0.2) is 42.1 Å². The Morgan fingerprint density at radius 1 is 1.10 bits per heavy atom. The number of nitrogens with one attached hydrogen (secondary N) is 1. The first-order chi connectivity index (χ1) is 14.8. The molecule has 10 heteroatoms. The number of amides is 1. The number of ketones is 1. The molecule has 10 nitrogen and oxygen atoms in total. The van der Waals surface area contributed by atoms with E-state index >= 15 is 0 Å². The van der Waals surface area contributed by atoms with Crippen molar-refractivity contribution in [3.8, 4) is 11.5 Å². The number of carbonyl (C=O) groups excluding carboxylic acids is 2. The fraction of sp³-hybridized carbons (Fsp3) is 0.333. The summed E-state index contributed by atoms with van der Waals surface area (Å²) >= 11 is 0. The molecule has 3 N–H and O–H groups in total. The van der Waals surface area contributed by atoms with Crippen molar-refractivity contribution in [1.82, 2.24) is 10.2 Å². The number of hydrogen-bond acceptors (Lipinski definition) is 7. The minimum Gasteiger partial charge on any atom is -0.479 e. The van der Waals surface area contributed by atoms with E-state index in [-0.39, 0.29) is 35.9 Å². The highest BCUT2D eigenvalue weighted by molar-refractivity contribution is 6.02. The third-order valence-electron chi connectivity index (χ3n) is 4.24. The van der Waals surface area contributed by atoms with E-state index in [4.69, 9.17) is 19.7 Å². The predicted octanol–water partition coefficient (Wildman–Crippen LogP) is 1.08. The number of ether oxygens (including phenoxy) is 2. The molecule has 0 saturated heterocycles. The summed E-state index contributed by atoms with van der Waals surface area (Å²) in [6.45, 7) is -1.01. The minimum absolute atomic E-state index is 0.0228. The van der Waals surface area contributed by atoms with E-state index in [1.54, 1.807) is 0 Å². The minimum atomic E-state index is -1.28. The van der Waals surface area contributed by atoms with Gasteiger partial charge in [0, 0.05) is 20.0 Å².